The smallest absolute Gasteiger partial charge is 0.389 e. The Balaban J connectivity index is 1.97. The molecule has 0 saturated carbocycles. The third-order valence-corrected chi connectivity index (χ3v) is 5.46. The minimum absolute atomic E-state index is 0.255. The Labute approximate surface area is 177 Å². The summed E-state index contributed by atoms with van der Waals surface area (Å²) in [6.07, 6.45) is -3.85. The van der Waals surface area contributed by atoms with Gasteiger partial charge < -0.3 is 14.5 Å². The summed E-state index contributed by atoms with van der Waals surface area (Å²) in [6.45, 7) is 4.15. The van der Waals surface area contributed by atoms with Gasteiger partial charge in [-0.2, -0.15) is 13.2 Å². The number of hydrogen-bond acceptors (Lipinski definition) is 4. The number of likely N-dealkylation sites (N-methyl/N-ethyl adjacent to an activating group) is 1. The van der Waals surface area contributed by atoms with E-state index in [1.165, 1.54) is 0 Å². The Kier molecular flexibility index (Phi) is 9.42. The number of halogens is 3. The second-order valence-corrected chi connectivity index (χ2v) is 8.31. The number of amides is 1. The van der Waals surface area contributed by atoms with E-state index in [2.05, 4.69) is 4.90 Å². The van der Waals surface area contributed by atoms with Crippen LogP contribution in [0, 0.1) is 5.92 Å². The van der Waals surface area contributed by atoms with Gasteiger partial charge in [0.2, 0.25) is 5.91 Å². The first kappa shape index (κ1) is 24.5. The molecule has 2 rings (SSSR count). The van der Waals surface area contributed by atoms with Crippen molar-refractivity contribution in [3.8, 4) is 5.75 Å². The van der Waals surface area contributed by atoms with Crippen LogP contribution in [0.4, 0.5) is 13.2 Å². The fourth-order valence-electron chi connectivity index (χ4n) is 3.88. The van der Waals surface area contributed by atoms with Crippen molar-refractivity contribution in [3.63, 3.8) is 0 Å². The minimum atomic E-state index is -4.31. The Morgan fingerprint density at radius 2 is 1.97 bits per heavy atom. The Hall–Kier alpha value is -1.80. The summed E-state index contributed by atoms with van der Waals surface area (Å²) in [5, 5.41) is 0. The van der Waals surface area contributed by atoms with E-state index < -0.39 is 24.9 Å². The number of para-hydroxylation sites is 1. The Bertz CT molecular complexity index is 667. The number of nitrogens with zero attached hydrogens (tertiary/aromatic N) is 3. The van der Waals surface area contributed by atoms with E-state index in [0.29, 0.717) is 19.6 Å². The molecular formula is C22H34F3N3O2. The summed E-state index contributed by atoms with van der Waals surface area (Å²) >= 11 is 0. The number of carbonyl (C=O) groups excluding carboxylic acids is 1. The molecule has 0 aromatic heterocycles. The zero-order valence-corrected chi connectivity index (χ0v) is 18.2. The lowest BCUT2D eigenvalue weighted by Gasteiger charge is -2.36. The van der Waals surface area contributed by atoms with Gasteiger partial charge in [0.05, 0.1) is 13.5 Å². The van der Waals surface area contributed by atoms with Crippen LogP contribution in [-0.4, -0.2) is 80.7 Å². The van der Waals surface area contributed by atoms with Crippen LogP contribution in [0.1, 0.15) is 31.2 Å². The summed E-state index contributed by atoms with van der Waals surface area (Å²) in [5.74, 6) is 0.705. The first-order valence-corrected chi connectivity index (χ1v) is 10.5. The molecule has 1 aromatic rings. The number of alkyl halides is 3. The van der Waals surface area contributed by atoms with Crippen LogP contribution in [0.5, 0.6) is 5.75 Å². The molecule has 170 valence electrons. The number of carbonyl (C=O) groups is 1. The summed E-state index contributed by atoms with van der Waals surface area (Å²) in [7, 11) is 5.45. The zero-order valence-electron chi connectivity index (χ0n) is 18.2. The molecule has 1 fully saturated rings. The van der Waals surface area contributed by atoms with Crippen molar-refractivity contribution in [1.29, 1.82) is 0 Å². The zero-order chi connectivity index (χ0) is 22.1. The topological polar surface area (TPSA) is 36.0 Å². The fraction of sp³-hybridized carbons (Fsp3) is 0.682. The molecule has 1 aliphatic heterocycles. The highest BCUT2D eigenvalue weighted by Crippen LogP contribution is 2.25. The minimum Gasteiger partial charge on any atom is -0.496 e. The predicted octanol–water partition coefficient (Wildman–Crippen LogP) is 3.64. The van der Waals surface area contributed by atoms with Crippen molar-refractivity contribution < 1.29 is 22.7 Å². The van der Waals surface area contributed by atoms with Crippen LogP contribution in [0.2, 0.25) is 0 Å². The first-order chi connectivity index (χ1) is 14.2. The van der Waals surface area contributed by atoms with E-state index in [4.69, 9.17) is 4.74 Å². The van der Waals surface area contributed by atoms with Gasteiger partial charge in [0.1, 0.15) is 5.75 Å². The van der Waals surface area contributed by atoms with E-state index in [1.807, 2.05) is 43.3 Å². The average Bonchev–Trinajstić information content (AvgIpc) is 2.69. The lowest BCUT2D eigenvalue weighted by molar-refractivity contribution is -0.149. The van der Waals surface area contributed by atoms with Crippen molar-refractivity contribution in [2.45, 2.75) is 38.4 Å². The second-order valence-electron chi connectivity index (χ2n) is 8.31. The van der Waals surface area contributed by atoms with Gasteiger partial charge in [-0.25, -0.2) is 0 Å². The maximum absolute atomic E-state index is 12.6. The summed E-state index contributed by atoms with van der Waals surface area (Å²) in [4.78, 5) is 18.4. The number of methoxy groups -OCH3 is 1. The monoisotopic (exact) mass is 429 g/mol. The van der Waals surface area contributed by atoms with Crippen LogP contribution in [0.25, 0.3) is 0 Å². The molecule has 0 N–H and O–H groups in total. The SMILES string of the molecule is COc1ccccc1CN1CCC[C@H](CN(CCN(C)C)C(=O)CCC(F)(F)F)C1. The van der Waals surface area contributed by atoms with Crippen LogP contribution in [0.15, 0.2) is 24.3 Å². The van der Waals surface area contributed by atoms with E-state index in [-0.39, 0.29) is 5.92 Å². The molecule has 0 unspecified atom stereocenters. The van der Waals surface area contributed by atoms with E-state index in [9.17, 15) is 18.0 Å². The number of piperidine rings is 1. The summed E-state index contributed by atoms with van der Waals surface area (Å²) in [5.41, 5.74) is 1.12. The van der Waals surface area contributed by atoms with E-state index >= 15 is 0 Å². The van der Waals surface area contributed by atoms with Crippen molar-refractivity contribution >= 4 is 5.91 Å². The Morgan fingerprint density at radius 3 is 2.63 bits per heavy atom. The van der Waals surface area contributed by atoms with Gasteiger partial charge in [0.25, 0.3) is 0 Å². The van der Waals surface area contributed by atoms with E-state index in [1.54, 1.807) is 12.0 Å². The van der Waals surface area contributed by atoms with Crippen LogP contribution >= 0.6 is 0 Å². The number of rotatable bonds is 10. The molecule has 1 heterocycles. The van der Waals surface area contributed by atoms with Crippen LogP contribution in [-0.2, 0) is 11.3 Å². The normalized spacial score (nSPS) is 17.9. The fourth-order valence-corrected chi connectivity index (χ4v) is 3.88. The number of likely N-dealkylation sites (tertiary alicyclic amines) is 1. The molecular weight excluding hydrogens is 395 g/mol. The average molecular weight is 430 g/mol. The van der Waals surface area contributed by atoms with E-state index in [0.717, 1.165) is 43.8 Å². The van der Waals surface area contributed by atoms with Gasteiger partial charge >= 0.3 is 6.18 Å². The highest BCUT2D eigenvalue weighted by molar-refractivity contribution is 5.76. The van der Waals surface area contributed by atoms with Gasteiger partial charge in [0, 0.05) is 44.7 Å². The molecule has 0 spiro atoms. The molecule has 8 heteroatoms. The van der Waals surface area contributed by atoms with Crippen molar-refractivity contribution in [1.82, 2.24) is 14.7 Å². The largest absolute Gasteiger partial charge is 0.496 e. The first-order valence-electron chi connectivity index (χ1n) is 10.5. The third kappa shape index (κ3) is 8.52. The maximum Gasteiger partial charge on any atom is 0.389 e. The Morgan fingerprint density at radius 1 is 1.23 bits per heavy atom. The highest BCUT2D eigenvalue weighted by atomic mass is 19.4. The molecule has 30 heavy (non-hydrogen) atoms. The number of benzene rings is 1. The highest BCUT2D eigenvalue weighted by Gasteiger charge is 2.30. The van der Waals surface area contributed by atoms with Gasteiger partial charge in [-0.3, -0.25) is 9.69 Å². The second kappa shape index (κ2) is 11.6. The lowest BCUT2D eigenvalue weighted by atomic mass is 9.96. The van der Waals surface area contributed by atoms with Gasteiger partial charge in [-0.15, -0.1) is 0 Å². The quantitative estimate of drug-likeness (QED) is 0.569. The predicted molar refractivity (Wildman–Crippen MR) is 111 cm³/mol. The summed E-state index contributed by atoms with van der Waals surface area (Å²) in [6, 6.07) is 7.92. The van der Waals surface area contributed by atoms with Gasteiger partial charge in [-0.1, -0.05) is 18.2 Å². The molecule has 1 amide bonds. The number of hydrogen-bond donors (Lipinski definition) is 0. The molecule has 1 aliphatic rings. The van der Waals surface area contributed by atoms with Crippen molar-refractivity contribution in [2.75, 3.05) is 53.9 Å². The van der Waals surface area contributed by atoms with Crippen LogP contribution in [0.3, 0.4) is 0 Å². The number of ether oxygens (including phenoxy) is 1. The van der Waals surface area contributed by atoms with Crippen molar-refractivity contribution in [2.24, 2.45) is 5.92 Å². The standard InChI is InChI=1S/C22H34F3N3O2/c1-26(2)13-14-28(21(29)10-11-22(23,24)25)16-18-7-6-12-27(15-18)17-19-8-4-5-9-20(19)30-3/h4-5,8-9,18H,6-7,10-17H2,1-3H3/t18-/m0/s1. The molecule has 1 saturated heterocycles. The third-order valence-electron chi connectivity index (χ3n) is 5.46. The molecule has 0 radical (unpaired) electrons. The molecule has 1 aromatic carbocycles. The lowest BCUT2D eigenvalue weighted by Crippen LogP contribution is -2.44. The summed E-state index contributed by atoms with van der Waals surface area (Å²) < 4.78 is 43.2. The molecule has 0 bridgehead atoms. The molecule has 0 aliphatic carbocycles. The van der Waals surface area contributed by atoms with Crippen LogP contribution < -0.4 is 4.74 Å². The molecule has 5 nitrogen and oxygen atoms in total. The van der Waals surface area contributed by atoms with Gasteiger partial charge in [-0.05, 0) is 45.5 Å². The van der Waals surface area contributed by atoms with Crippen molar-refractivity contribution in [3.05, 3.63) is 29.8 Å². The maximum atomic E-state index is 12.6. The van der Waals surface area contributed by atoms with Gasteiger partial charge in [0.15, 0.2) is 0 Å². The molecule has 1 atom stereocenters.